The second kappa shape index (κ2) is 6.54. The van der Waals surface area contributed by atoms with Gasteiger partial charge in [0.1, 0.15) is 5.82 Å². The molecular weight excluding hydrogens is 305 g/mol. The number of amides is 1. The SMILES string of the molecule is O=C(Nc1cccc(C2SCCS2)c1)c1cccc(F)c1. The monoisotopic (exact) mass is 319 g/mol. The molecule has 21 heavy (non-hydrogen) atoms. The topological polar surface area (TPSA) is 29.1 Å². The van der Waals surface area contributed by atoms with Gasteiger partial charge in [0, 0.05) is 22.8 Å². The Morgan fingerprint density at radius 2 is 1.86 bits per heavy atom. The first kappa shape index (κ1) is 14.5. The highest BCUT2D eigenvalue weighted by Crippen LogP contribution is 2.45. The molecule has 2 aromatic rings. The Morgan fingerprint density at radius 1 is 1.10 bits per heavy atom. The number of carbonyl (C=O) groups excluding carboxylic acids is 1. The van der Waals surface area contributed by atoms with Gasteiger partial charge in [-0.2, -0.15) is 0 Å². The lowest BCUT2D eigenvalue weighted by atomic mass is 10.2. The highest BCUT2D eigenvalue weighted by Gasteiger charge is 2.18. The minimum atomic E-state index is -0.407. The van der Waals surface area contributed by atoms with Crippen LogP contribution in [0.2, 0.25) is 0 Å². The zero-order chi connectivity index (χ0) is 14.7. The fraction of sp³-hybridized carbons (Fsp3) is 0.188. The third-order valence-electron chi connectivity index (χ3n) is 3.13. The maximum Gasteiger partial charge on any atom is 0.255 e. The lowest BCUT2D eigenvalue weighted by Gasteiger charge is -2.11. The van der Waals surface area contributed by atoms with Crippen LogP contribution < -0.4 is 5.32 Å². The zero-order valence-corrected chi connectivity index (χ0v) is 12.8. The minimum Gasteiger partial charge on any atom is -0.322 e. The third-order valence-corrected chi connectivity index (χ3v) is 6.23. The van der Waals surface area contributed by atoms with Crippen LogP contribution >= 0.6 is 23.5 Å². The van der Waals surface area contributed by atoms with Gasteiger partial charge < -0.3 is 5.32 Å². The van der Waals surface area contributed by atoms with Crippen molar-refractivity contribution in [1.82, 2.24) is 0 Å². The fourth-order valence-electron chi connectivity index (χ4n) is 2.15. The third kappa shape index (κ3) is 3.60. The lowest BCUT2D eigenvalue weighted by Crippen LogP contribution is -2.12. The molecule has 0 bridgehead atoms. The van der Waals surface area contributed by atoms with E-state index in [-0.39, 0.29) is 5.91 Å². The molecule has 0 saturated carbocycles. The van der Waals surface area contributed by atoms with E-state index < -0.39 is 5.82 Å². The van der Waals surface area contributed by atoms with Crippen molar-refractivity contribution in [3.8, 4) is 0 Å². The summed E-state index contributed by atoms with van der Waals surface area (Å²) in [5, 5.41) is 2.83. The number of hydrogen-bond acceptors (Lipinski definition) is 3. The first-order valence-electron chi connectivity index (χ1n) is 6.62. The molecule has 2 nitrogen and oxygen atoms in total. The number of rotatable bonds is 3. The van der Waals surface area contributed by atoms with Crippen LogP contribution in [0.4, 0.5) is 10.1 Å². The van der Waals surface area contributed by atoms with Crippen LogP contribution in [-0.2, 0) is 0 Å². The Morgan fingerprint density at radius 3 is 2.62 bits per heavy atom. The number of hydrogen-bond donors (Lipinski definition) is 1. The molecule has 2 aromatic carbocycles. The summed E-state index contributed by atoms with van der Waals surface area (Å²) in [6, 6.07) is 13.6. The fourth-order valence-corrected chi connectivity index (χ4v) is 4.99. The van der Waals surface area contributed by atoms with Gasteiger partial charge in [0.2, 0.25) is 0 Å². The quantitative estimate of drug-likeness (QED) is 0.899. The van der Waals surface area contributed by atoms with Gasteiger partial charge in [-0.05, 0) is 35.9 Å². The molecule has 0 aliphatic carbocycles. The first-order chi connectivity index (χ1) is 10.2. The van der Waals surface area contributed by atoms with Crippen LogP contribution in [0, 0.1) is 5.82 Å². The average Bonchev–Trinajstić information content (AvgIpc) is 3.02. The molecule has 1 amide bonds. The summed E-state index contributed by atoms with van der Waals surface area (Å²) < 4.78 is 13.6. The van der Waals surface area contributed by atoms with Crippen molar-refractivity contribution in [2.75, 3.05) is 16.8 Å². The molecule has 0 atom stereocenters. The van der Waals surface area contributed by atoms with Crippen molar-refractivity contribution < 1.29 is 9.18 Å². The number of nitrogens with one attached hydrogen (secondary N) is 1. The van der Waals surface area contributed by atoms with Crippen LogP contribution in [-0.4, -0.2) is 17.4 Å². The summed E-state index contributed by atoms with van der Waals surface area (Å²) in [6.07, 6.45) is 0. The van der Waals surface area contributed by atoms with Gasteiger partial charge >= 0.3 is 0 Å². The molecule has 108 valence electrons. The van der Waals surface area contributed by atoms with Gasteiger partial charge in [0.15, 0.2) is 0 Å². The molecule has 1 aliphatic heterocycles. The number of anilines is 1. The Balaban J connectivity index is 1.75. The van der Waals surface area contributed by atoms with Gasteiger partial charge in [-0.15, -0.1) is 23.5 Å². The van der Waals surface area contributed by atoms with E-state index in [0.717, 1.165) is 17.2 Å². The van der Waals surface area contributed by atoms with Crippen LogP contribution in [0.3, 0.4) is 0 Å². The highest BCUT2D eigenvalue weighted by molar-refractivity contribution is 8.19. The Hall–Kier alpha value is -1.46. The predicted molar refractivity (Wildman–Crippen MR) is 88.5 cm³/mol. The first-order valence-corrected chi connectivity index (χ1v) is 8.72. The van der Waals surface area contributed by atoms with Crippen molar-refractivity contribution in [2.45, 2.75) is 4.58 Å². The molecule has 0 aromatic heterocycles. The van der Waals surface area contributed by atoms with E-state index in [1.165, 1.54) is 23.8 Å². The number of halogens is 1. The maximum absolute atomic E-state index is 13.1. The smallest absolute Gasteiger partial charge is 0.255 e. The van der Waals surface area contributed by atoms with Crippen LogP contribution in [0.5, 0.6) is 0 Å². The predicted octanol–water partition coefficient (Wildman–Crippen LogP) is 4.56. The molecule has 0 unspecified atom stereocenters. The Labute approximate surface area is 131 Å². The van der Waals surface area contributed by atoms with Crippen molar-refractivity contribution in [2.24, 2.45) is 0 Å². The van der Waals surface area contributed by atoms with Gasteiger partial charge in [0.05, 0.1) is 4.58 Å². The molecular formula is C16H14FNOS2. The summed E-state index contributed by atoms with van der Waals surface area (Å²) in [7, 11) is 0. The van der Waals surface area contributed by atoms with E-state index in [9.17, 15) is 9.18 Å². The lowest BCUT2D eigenvalue weighted by molar-refractivity contribution is 0.102. The van der Waals surface area contributed by atoms with Crippen LogP contribution in [0.1, 0.15) is 20.5 Å². The molecule has 5 heteroatoms. The average molecular weight is 319 g/mol. The minimum absolute atomic E-state index is 0.293. The molecule has 1 aliphatic rings. The Kier molecular flexibility index (Phi) is 4.51. The number of carbonyl (C=O) groups is 1. The van der Waals surface area contributed by atoms with Crippen LogP contribution in [0.25, 0.3) is 0 Å². The molecule has 1 fully saturated rings. The molecule has 0 spiro atoms. The standard InChI is InChI=1S/C16H14FNOS2/c17-13-5-1-3-11(9-13)15(19)18-14-6-2-4-12(10-14)16-20-7-8-21-16/h1-6,9-10,16H,7-8H2,(H,18,19). The molecule has 3 rings (SSSR count). The summed E-state index contributed by atoms with van der Waals surface area (Å²) in [5.74, 6) is 1.62. The number of thioether (sulfide) groups is 2. The highest BCUT2D eigenvalue weighted by atomic mass is 32.2. The molecule has 1 heterocycles. The molecule has 1 saturated heterocycles. The van der Waals surface area contributed by atoms with Crippen molar-refractivity contribution >= 4 is 35.1 Å². The van der Waals surface area contributed by atoms with Gasteiger partial charge in [0.25, 0.3) is 5.91 Å². The van der Waals surface area contributed by atoms with Gasteiger partial charge in [-0.25, -0.2) is 4.39 Å². The van der Waals surface area contributed by atoms with E-state index in [0.29, 0.717) is 10.1 Å². The number of benzene rings is 2. The summed E-state index contributed by atoms with van der Waals surface area (Å²) in [5.41, 5.74) is 2.28. The second-order valence-corrected chi connectivity index (χ2v) is 7.39. The van der Waals surface area contributed by atoms with E-state index in [2.05, 4.69) is 11.4 Å². The summed E-state index contributed by atoms with van der Waals surface area (Å²) in [6.45, 7) is 0. The van der Waals surface area contributed by atoms with E-state index in [4.69, 9.17) is 0 Å². The van der Waals surface area contributed by atoms with Crippen molar-refractivity contribution in [1.29, 1.82) is 0 Å². The summed E-state index contributed by atoms with van der Waals surface area (Å²) >= 11 is 3.84. The largest absolute Gasteiger partial charge is 0.322 e. The molecule has 0 radical (unpaired) electrons. The summed E-state index contributed by atoms with van der Waals surface area (Å²) in [4.78, 5) is 12.1. The van der Waals surface area contributed by atoms with Gasteiger partial charge in [-0.3, -0.25) is 4.79 Å². The Bertz CT molecular complexity index is 656. The van der Waals surface area contributed by atoms with Gasteiger partial charge in [-0.1, -0.05) is 18.2 Å². The van der Waals surface area contributed by atoms with E-state index >= 15 is 0 Å². The van der Waals surface area contributed by atoms with E-state index in [1.54, 1.807) is 6.07 Å². The molecule has 1 N–H and O–H groups in total. The second-order valence-electron chi connectivity index (χ2n) is 4.66. The van der Waals surface area contributed by atoms with Crippen molar-refractivity contribution in [3.05, 3.63) is 65.5 Å². The van der Waals surface area contributed by atoms with Crippen LogP contribution in [0.15, 0.2) is 48.5 Å². The van der Waals surface area contributed by atoms with Crippen molar-refractivity contribution in [3.63, 3.8) is 0 Å². The van der Waals surface area contributed by atoms with E-state index in [1.807, 2.05) is 41.7 Å². The zero-order valence-electron chi connectivity index (χ0n) is 11.2. The normalized spacial score (nSPS) is 15.1. The maximum atomic E-state index is 13.1.